The second-order valence-electron chi connectivity index (χ2n) is 7.49. The van der Waals surface area contributed by atoms with Crippen molar-refractivity contribution in [1.29, 1.82) is 0 Å². The summed E-state index contributed by atoms with van der Waals surface area (Å²) in [5, 5.41) is 1.04. The van der Waals surface area contributed by atoms with Crippen LogP contribution in [0.4, 0.5) is 0 Å². The quantitative estimate of drug-likeness (QED) is 0.268. The van der Waals surface area contributed by atoms with Crippen molar-refractivity contribution in [2.24, 2.45) is 0 Å². The van der Waals surface area contributed by atoms with Gasteiger partial charge >= 0.3 is 0 Å². The highest BCUT2D eigenvalue weighted by Crippen LogP contribution is 2.33. The van der Waals surface area contributed by atoms with Gasteiger partial charge in [-0.1, -0.05) is 52.4 Å². The molecule has 0 bridgehead atoms. The minimum atomic E-state index is 0.772. The van der Waals surface area contributed by atoms with Gasteiger partial charge in [0.15, 0.2) is 0 Å². The molecule has 3 nitrogen and oxygen atoms in total. The third kappa shape index (κ3) is 6.74. The van der Waals surface area contributed by atoms with Crippen LogP contribution < -0.4 is 9.47 Å². The van der Waals surface area contributed by atoms with Crippen LogP contribution >= 0.6 is 11.3 Å². The maximum absolute atomic E-state index is 5.89. The lowest BCUT2D eigenvalue weighted by molar-refractivity contribution is 0.304. The summed E-state index contributed by atoms with van der Waals surface area (Å²) in [5.74, 6) is 1.87. The largest absolute Gasteiger partial charge is 0.494 e. The first-order chi connectivity index (χ1) is 14.3. The van der Waals surface area contributed by atoms with E-state index in [0.29, 0.717) is 0 Å². The predicted molar refractivity (Wildman–Crippen MR) is 124 cm³/mol. The van der Waals surface area contributed by atoms with Crippen molar-refractivity contribution in [3.05, 3.63) is 42.5 Å². The van der Waals surface area contributed by atoms with E-state index in [9.17, 15) is 0 Å². The zero-order valence-corrected chi connectivity index (χ0v) is 18.6. The van der Waals surface area contributed by atoms with E-state index in [-0.39, 0.29) is 0 Å². The van der Waals surface area contributed by atoms with Gasteiger partial charge in [0.05, 0.1) is 23.4 Å². The van der Waals surface area contributed by atoms with Crippen LogP contribution in [0.2, 0.25) is 0 Å². The molecule has 0 unspecified atom stereocenters. The number of nitrogens with zero attached hydrogens (tertiary/aromatic N) is 1. The summed E-state index contributed by atoms with van der Waals surface area (Å²) in [5.41, 5.74) is 2.16. The lowest BCUT2D eigenvalue weighted by Crippen LogP contribution is -1.97. The first kappa shape index (κ1) is 21.6. The predicted octanol–water partition coefficient (Wildman–Crippen LogP) is 7.88. The molecule has 0 amide bonds. The summed E-state index contributed by atoms with van der Waals surface area (Å²) in [4.78, 5) is 4.78. The molecule has 0 aliphatic heterocycles. The monoisotopic (exact) mass is 411 g/mol. The van der Waals surface area contributed by atoms with E-state index in [1.54, 1.807) is 11.3 Å². The first-order valence-corrected chi connectivity index (χ1v) is 11.9. The maximum Gasteiger partial charge on any atom is 0.124 e. The Morgan fingerprint density at radius 3 is 2.17 bits per heavy atom. The van der Waals surface area contributed by atoms with Gasteiger partial charge in [-0.3, -0.25) is 0 Å². The number of thiazole rings is 1. The highest BCUT2D eigenvalue weighted by Gasteiger charge is 2.08. The minimum Gasteiger partial charge on any atom is -0.494 e. The molecule has 4 heteroatoms. The highest BCUT2D eigenvalue weighted by molar-refractivity contribution is 7.21. The third-order valence-electron chi connectivity index (χ3n) is 4.99. The number of hydrogen-bond donors (Lipinski definition) is 0. The molecule has 2 aromatic carbocycles. The summed E-state index contributed by atoms with van der Waals surface area (Å²) >= 11 is 1.71. The first-order valence-electron chi connectivity index (χ1n) is 11.1. The van der Waals surface area contributed by atoms with Gasteiger partial charge in [-0.15, -0.1) is 11.3 Å². The van der Waals surface area contributed by atoms with Gasteiger partial charge in [-0.2, -0.15) is 0 Å². The molecule has 0 saturated carbocycles. The van der Waals surface area contributed by atoms with Crippen molar-refractivity contribution in [3.63, 3.8) is 0 Å². The SMILES string of the molecule is CCCCCCCCOc1ccc(-c2nc3ccc(OCCCC)cc3s2)cc1. The molecule has 3 rings (SSSR count). The van der Waals surface area contributed by atoms with Gasteiger partial charge < -0.3 is 9.47 Å². The Labute approximate surface area is 179 Å². The number of benzene rings is 2. The van der Waals surface area contributed by atoms with Gasteiger partial charge in [-0.05, 0) is 55.3 Å². The van der Waals surface area contributed by atoms with E-state index in [4.69, 9.17) is 14.5 Å². The van der Waals surface area contributed by atoms with E-state index >= 15 is 0 Å². The molecule has 0 spiro atoms. The molecule has 0 radical (unpaired) electrons. The van der Waals surface area contributed by atoms with Crippen molar-refractivity contribution in [2.75, 3.05) is 13.2 Å². The van der Waals surface area contributed by atoms with Crippen LogP contribution in [0, 0.1) is 0 Å². The zero-order valence-electron chi connectivity index (χ0n) is 17.8. The maximum atomic E-state index is 5.89. The smallest absolute Gasteiger partial charge is 0.124 e. The van der Waals surface area contributed by atoms with Crippen LogP contribution in [0.15, 0.2) is 42.5 Å². The van der Waals surface area contributed by atoms with E-state index in [0.717, 1.165) is 64.8 Å². The topological polar surface area (TPSA) is 31.4 Å². The number of fused-ring (bicyclic) bond motifs is 1. The standard InChI is InChI=1S/C25H33NO2S/c1-3-5-7-8-9-10-18-27-21-13-11-20(12-14-21)25-26-23-16-15-22(19-24(23)29-25)28-17-6-4-2/h11-16,19H,3-10,17-18H2,1-2H3. The van der Waals surface area contributed by atoms with E-state index in [2.05, 4.69) is 50.2 Å². The Hall–Kier alpha value is -2.07. The van der Waals surface area contributed by atoms with Gasteiger partial charge in [0, 0.05) is 5.56 Å². The lowest BCUT2D eigenvalue weighted by atomic mass is 10.1. The highest BCUT2D eigenvalue weighted by atomic mass is 32.1. The number of hydrogen-bond acceptors (Lipinski definition) is 4. The normalized spacial score (nSPS) is 11.1. The van der Waals surface area contributed by atoms with Crippen molar-refractivity contribution in [2.45, 2.75) is 65.2 Å². The molecule has 29 heavy (non-hydrogen) atoms. The second kappa shape index (κ2) is 11.8. The Kier molecular flexibility index (Phi) is 8.82. The molecular weight excluding hydrogens is 378 g/mol. The average Bonchev–Trinajstić information content (AvgIpc) is 3.17. The van der Waals surface area contributed by atoms with Gasteiger partial charge in [0.1, 0.15) is 16.5 Å². The number of ether oxygens (including phenoxy) is 2. The van der Waals surface area contributed by atoms with Crippen molar-refractivity contribution < 1.29 is 9.47 Å². The van der Waals surface area contributed by atoms with Crippen LogP contribution in [0.1, 0.15) is 65.2 Å². The van der Waals surface area contributed by atoms with Crippen molar-refractivity contribution in [3.8, 4) is 22.1 Å². The molecule has 1 heterocycles. The second-order valence-corrected chi connectivity index (χ2v) is 8.52. The van der Waals surface area contributed by atoms with Gasteiger partial charge in [0.2, 0.25) is 0 Å². The van der Waals surface area contributed by atoms with E-state index in [1.807, 2.05) is 6.07 Å². The fourth-order valence-electron chi connectivity index (χ4n) is 3.22. The number of rotatable bonds is 13. The molecule has 156 valence electrons. The fraction of sp³-hybridized carbons (Fsp3) is 0.480. The van der Waals surface area contributed by atoms with Crippen molar-refractivity contribution in [1.82, 2.24) is 4.98 Å². The van der Waals surface area contributed by atoms with E-state index in [1.165, 1.54) is 32.1 Å². The Morgan fingerprint density at radius 1 is 0.724 bits per heavy atom. The third-order valence-corrected chi connectivity index (χ3v) is 6.06. The lowest BCUT2D eigenvalue weighted by Gasteiger charge is -2.06. The van der Waals surface area contributed by atoms with Crippen LogP contribution in [0.3, 0.4) is 0 Å². The Balaban J connectivity index is 1.53. The Morgan fingerprint density at radius 2 is 1.38 bits per heavy atom. The summed E-state index contributed by atoms with van der Waals surface area (Å²) in [7, 11) is 0. The number of unbranched alkanes of at least 4 members (excludes halogenated alkanes) is 6. The molecule has 0 saturated heterocycles. The van der Waals surface area contributed by atoms with Crippen LogP contribution in [-0.4, -0.2) is 18.2 Å². The molecule has 0 N–H and O–H groups in total. The summed E-state index contributed by atoms with van der Waals surface area (Å²) in [6.07, 6.45) is 9.93. The van der Waals surface area contributed by atoms with E-state index < -0.39 is 0 Å². The fourth-order valence-corrected chi connectivity index (χ4v) is 4.22. The Bertz CT molecular complexity index is 857. The molecular formula is C25H33NO2S. The van der Waals surface area contributed by atoms with Crippen LogP contribution in [0.5, 0.6) is 11.5 Å². The van der Waals surface area contributed by atoms with Gasteiger partial charge in [0.25, 0.3) is 0 Å². The minimum absolute atomic E-state index is 0.772. The molecule has 0 fully saturated rings. The average molecular weight is 412 g/mol. The molecule has 0 atom stereocenters. The molecule has 1 aromatic heterocycles. The van der Waals surface area contributed by atoms with Crippen molar-refractivity contribution >= 4 is 21.6 Å². The zero-order chi connectivity index (χ0) is 20.3. The summed E-state index contributed by atoms with van der Waals surface area (Å²) in [6, 6.07) is 14.5. The molecule has 3 aromatic rings. The molecule has 0 aliphatic rings. The van der Waals surface area contributed by atoms with Crippen LogP contribution in [0.25, 0.3) is 20.8 Å². The molecule has 0 aliphatic carbocycles. The number of aromatic nitrogens is 1. The summed E-state index contributed by atoms with van der Waals surface area (Å²) in [6.45, 7) is 6.00. The van der Waals surface area contributed by atoms with Gasteiger partial charge in [-0.25, -0.2) is 4.98 Å². The summed E-state index contributed by atoms with van der Waals surface area (Å²) < 4.78 is 12.9. The van der Waals surface area contributed by atoms with Crippen LogP contribution in [-0.2, 0) is 0 Å².